The van der Waals surface area contributed by atoms with E-state index in [4.69, 9.17) is 22.1 Å². The number of nitrogen functional groups attached to an aromatic ring is 1. The molecule has 0 saturated heterocycles. The van der Waals surface area contributed by atoms with Crippen molar-refractivity contribution in [3.63, 3.8) is 0 Å². The Balaban J connectivity index is 2.23. The molecule has 0 aliphatic heterocycles. The first-order chi connectivity index (χ1) is 10.2. The second kappa shape index (κ2) is 7.13. The van der Waals surface area contributed by atoms with E-state index in [-0.39, 0.29) is 0 Å². The van der Waals surface area contributed by atoms with E-state index in [2.05, 4.69) is 22.2 Å². The lowest BCUT2D eigenvalue weighted by molar-refractivity contribution is 0.410. The van der Waals surface area contributed by atoms with Crippen LogP contribution >= 0.6 is 11.6 Å². The number of nitrogens with zero attached hydrogens (tertiary/aromatic N) is 2. The highest BCUT2D eigenvalue weighted by Crippen LogP contribution is 2.28. The van der Waals surface area contributed by atoms with Gasteiger partial charge in [-0.2, -0.15) is 0 Å². The fourth-order valence-electron chi connectivity index (χ4n) is 2.15. The fourth-order valence-corrected chi connectivity index (χ4v) is 2.38. The first kappa shape index (κ1) is 15.4. The first-order valence-electron chi connectivity index (χ1n) is 6.82. The van der Waals surface area contributed by atoms with E-state index < -0.39 is 0 Å². The molecule has 3 N–H and O–H groups in total. The Labute approximate surface area is 129 Å². The predicted molar refractivity (Wildman–Crippen MR) is 85.8 cm³/mol. The molecule has 6 heteroatoms. The van der Waals surface area contributed by atoms with Gasteiger partial charge in [-0.15, -0.1) is 0 Å². The van der Waals surface area contributed by atoms with Gasteiger partial charge in [0.15, 0.2) is 0 Å². The molecule has 21 heavy (non-hydrogen) atoms. The van der Waals surface area contributed by atoms with Gasteiger partial charge in [0, 0.05) is 22.7 Å². The van der Waals surface area contributed by atoms with E-state index in [9.17, 15) is 0 Å². The Morgan fingerprint density at radius 1 is 1.29 bits per heavy atom. The normalized spacial score (nSPS) is 10.4. The molecule has 0 atom stereocenters. The van der Waals surface area contributed by atoms with E-state index in [1.807, 2.05) is 18.2 Å². The van der Waals surface area contributed by atoms with E-state index in [1.54, 1.807) is 7.11 Å². The lowest BCUT2D eigenvalue weighted by atomic mass is 10.1. The topological polar surface area (TPSA) is 73.1 Å². The summed E-state index contributed by atoms with van der Waals surface area (Å²) >= 11 is 6.23. The Morgan fingerprint density at radius 2 is 2.10 bits per heavy atom. The average molecular weight is 307 g/mol. The van der Waals surface area contributed by atoms with E-state index in [0.717, 1.165) is 35.5 Å². The van der Waals surface area contributed by atoms with Gasteiger partial charge in [-0.1, -0.05) is 31.0 Å². The first-order valence-corrected chi connectivity index (χ1v) is 7.19. The largest absolute Gasteiger partial charge is 0.496 e. The molecule has 0 spiro atoms. The van der Waals surface area contributed by atoms with Crippen molar-refractivity contribution >= 4 is 23.2 Å². The average Bonchev–Trinajstić information content (AvgIpc) is 2.48. The molecule has 2 aromatic rings. The molecule has 0 aliphatic rings. The third-order valence-corrected chi connectivity index (χ3v) is 3.56. The van der Waals surface area contributed by atoms with Gasteiger partial charge in [-0.3, -0.25) is 0 Å². The molecule has 2 rings (SSSR count). The van der Waals surface area contributed by atoms with Gasteiger partial charge in [-0.05, 0) is 18.6 Å². The Kier molecular flexibility index (Phi) is 5.22. The SMILES string of the molecule is CCCc1c(N)ncnc1NCc1c(Cl)cccc1OC. The molecular formula is C15H19ClN4O. The molecule has 0 radical (unpaired) electrons. The zero-order valence-corrected chi connectivity index (χ0v) is 12.9. The van der Waals surface area contributed by atoms with Gasteiger partial charge in [0.05, 0.1) is 7.11 Å². The third kappa shape index (κ3) is 3.55. The molecule has 0 bridgehead atoms. The van der Waals surface area contributed by atoms with Crippen molar-refractivity contribution < 1.29 is 4.74 Å². The number of benzene rings is 1. The molecule has 1 heterocycles. The predicted octanol–water partition coefficient (Wildman–Crippen LogP) is 3.29. The molecule has 0 fully saturated rings. The number of nitrogens with one attached hydrogen (secondary N) is 1. The van der Waals surface area contributed by atoms with Gasteiger partial charge >= 0.3 is 0 Å². The minimum Gasteiger partial charge on any atom is -0.496 e. The summed E-state index contributed by atoms with van der Waals surface area (Å²) < 4.78 is 5.33. The molecule has 0 saturated carbocycles. The number of hydrogen-bond donors (Lipinski definition) is 2. The summed E-state index contributed by atoms with van der Waals surface area (Å²) in [6, 6.07) is 5.57. The highest BCUT2D eigenvalue weighted by molar-refractivity contribution is 6.31. The van der Waals surface area contributed by atoms with Crippen LogP contribution in [-0.4, -0.2) is 17.1 Å². The van der Waals surface area contributed by atoms with Crippen molar-refractivity contribution in [2.24, 2.45) is 0 Å². The number of aromatic nitrogens is 2. The van der Waals surface area contributed by atoms with Crippen molar-refractivity contribution in [3.8, 4) is 5.75 Å². The third-order valence-electron chi connectivity index (χ3n) is 3.21. The van der Waals surface area contributed by atoms with Crippen molar-refractivity contribution in [3.05, 3.63) is 40.7 Å². The van der Waals surface area contributed by atoms with Crippen LogP contribution in [0.15, 0.2) is 24.5 Å². The minimum absolute atomic E-state index is 0.510. The quantitative estimate of drug-likeness (QED) is 0.856. The number of anilines is 2. The van der Waals surface area contributed by atoms with E-state index in [1.165, 1.54) is 6.33 Å². The Morgan fingerprint density at radius 3 is 2.81 bits per heavy atom. The van der Waals surface area contributed by atoms with Crippen LogP contribution in [0.4, 0.5) is 11.6 Å². The van der Waals surface area contributed by atoms with Gasteiger partial charge < -0.3 is 15.8 Å². The molecule has 0 amide bonds. The zero-order chi connectivity index (χ0) is 15.2. The summed E-state index contributed by atoms with van der Waals surface area (Å²) in [6.07, 6.45) is 3.26. The molecule has 0 aliphatic carbocycles. The van der Waals surface area contributed by atoms with Gasteiger partial charge in [0.25, 0.3) is 0 Å². The standard InChI is InChI=1S/C15H19ClN4O/c1-3-5-10-14(17)19-9-20-15(10)18-8-11-12(16)6-4-7-13(11)21-2/h4,6-7,9H,3,5,8H2,1-2H3,(H3,17,18,19,20). The molecule has 112 valence electrons. The minimum atomic E-state index is 0.510. The van der Waals surface area contributed by atoms with Crippen LogP contribution in [-0.2, 0) is 13.0 Å². The lowest BCUT2D eigenvalue weighted by Crippen LogP contribution is -2.09. The summed E-state index contributed by atoms with van der Waals surface area (Å²) in [5, 5.41) is 3.93. The zero-order valence-electron chi connectivity index (χ0n) is 12.2. The molecule has 1 aromatic carbocycles. The smallest absolute Gasteiger partial charge is 0.134 e. The van der Waals surface area contributed by atoms with Crippen molar-refractivity contribution in [1.29, 1.82) is 0 Å². The van der Waals surface area contributed by atoms with Crippen LogP contribution in [0.3, 0.4) is 0 Å². The van der Waals surface area contributed by atoms with Crippen molar-refractivity contribution in [2.75, 3.05) is 18.2 Å². The molecule has 0 unspecified atom stereocenters. The maximum Gasteiger partial charge on any atom is 0.134 e. The van der Waals surface area contributed by atoms with E-state index >= 15 is 0 Å². The molecule has 1 aromatic heterocycles. The highest BCUT2D eigenvalue weighted by Gasteiger charge is 2.11. The monoisotopic (exact) mass is 306 g/mol. The molecule has 5 nitrogen and oxygen atoms in total. The van der Waals surface area contributed by atoms with Crippen molar-refractivity contribution in [1.82, 2.24) is 9.97 Å². The lowest BCUT2D eigenvalue weighted by Gasteiger charge is -2.14. The summed E-state index contributed by atoms with van der Waals surface area (Å²) in [6.45, 7) is 2.60. The number of ether oxygens (including phenoxy) is 1. The maximum absolute atomic E-state index is 6.23. The summed E-state index contributed by atoms with van der Waals surface area (Å²) in [5.74, 6) is 2.00. The van der Waals surface area contributed by atoms with Crippen LogP contribution in [0, 0.1) is 0 Å². The van der Waals surface area contributed by atoms with Crippen LogP contribution in [0.2, 0.25) is 5.02 Å². The van der Waals surface area contributed by atoms with Gasteiger partial charge in [-0.25, -0.2) is 9.97 Å². The van der Waals surface area contributed by atoms with Crippen LogP contribution < -0.4 is 15.8 Å². The van der Waals surface area contributed by atoms with E-state index in [0.29, 0.717) is 17.4 Å². The second-order valence-corrected chi connectivity index (χ2v) is 5.02. The Bertz CT molecular complexity index is 619. The fraction of sp³-hybridized carbons (Fsp3) is 0.333. The van der Waals surface area contributed by atoms with Crippen molar-refractivity contribution in [2.45, 2.75) is 26.3 Å². The van der Waals surface area contributed by atoms with Crippen LogP contribution in [0.5, 0.6) is 5.75 Å². The summed E-state index contributed by atoms with van der Waals surface area (Å²) in [7, 11) is 1.63. The Hall–Kier alpha value is -2.01. The number of hydrogen-bond acceptors (Lipinski definition) is 5. The highest BCUT2D eigenvalue weighted by atomic mass is 35.5. The summed E-state index contributed by atoms with van der Waals surface area (Å²) in [4.78, 5) is 8.31. The van der Waals surface area contributed by atoms with Gasteiger partial charge in [0.2, 0.25) is 0 Å². The second-order valence-electron chi connectivity index (χ2n) is 4.61. The van der Waals surface area contributed by atoms with Crippen LogP contribution in [0.1, 0.15) is 24.5 Å². The van der Waals surface area contributed by atoms with Crippen LogP contribution in [0.25, 0.3) is 0 Å². The molecular weight excluding hydrogens is 288 g/mol. The van der Waals surface area contributed by atoms with Gasteiger partial charge in [0.1, 0.15) is 23.7 Å². The number of rotatable bonds is 6. The number of nitrogens with two attached hydrogens (primary N) is 1. The number of methoxy groups -OCH3 is 1. The number of halogens is 1. The summed E-state index contributed by atoms with van der Waals surface area (Å²) in [5.41, 5.74) is 7.75. The maximum atomic E-state index is 6.23.